The third-order valence-electron chi connectivity index (χ3n) is 2.71. The number of ketones is 1. The molecule has 1 atom stereocenters. The molecule has 1 unspecified atom stereocenters. The van der Waals surface area contributed by atoms with Crippen LogP contribution in [0.4, 0.5) is 0 Å². The van der Waals surface area contributed by atoms with Crippen molar-refractivity contribution in [1.82, 2.24) is 5.32 Å². The molecule has 0 aromatic heterocycles. The third-order valence-corrected chi connectivity index (χ3v) is 4.82. The van der Waals surface area contributed by atoms with E-state index in [0.717, 1.165) is 12.8 Å². The summed E-state index contributed by atoms with van der Waals surface area (Å²) in [5, 5.41) is 2.71. The number of carbonyl (C=O) groups excluding carboxylic acids is 3. The molecule has 0 aromatic carbocycles. The number of nitrogens with one attached hydrogen (secondary N) is 1. The van der Waals surface area contributed by atoms with Crippen LogP contribution in [0.5, 0.6) is 0 Å². The van der Waals surface area contributed by atoms with Crippen LogP contribution in [0.3, 0.4) is 0 Å². The second kappa shape index (κ2) is 13.1. The quantitative estimate of drug-likeness (QED) is 0.149. The number of amides is 1. The van der Waals surface area contributed by atoms with E-state index in [1.807, 2.05) is 0 Å². The number of ether oxygens (including phenoxy) is 1. The fourth-order valence-electron chi connectivity index (χ4n) is 1.47. The minimum Gasteiger partial charge on any atom is -0.469 e. The summed E-state index contributed by atoms with van der Waals surface area (Å²) < 4.78 is 8.54. The molecular formula is C12H22IN3O4S. The molecule has 9 heteroatoms. The van der Waals surface area contributed by atoms with Gasteiger partial charge in [-0.05, 0) is 32.1 Å². The highest BCUT2D eigenvalue weighted by Crippen LogP contribution is 2.07. The summed E-state index contributed by atoms with van der Waals surface area (Å²) >= 11 is 3.20. The fourth-order valence-corrected chi connectivity index (χ4v) is 2.88. The molecule has 3 N–H and O–H groups in total. The molecule has 0 saturated heterocycles. The Morgan fingerprint density at radius 1 is 1.33 bits per heavy atom. The van der Waals surface area contributed by atoms with Gasteiger partial charge in [-0.1, -0.05) is 0 Å². The molecule has 0 radical (unpaired) electrons. The summed E-state index contributed by atoms with van der Waals surface area (Å²) in [5.74, 6) is -0.547. The Morgan fingerprint density at radius 3 is 2.67 bits per heavy atom. The van der Waals surface area contributed by atoms with Gasteiger partial charge in [0.2, 0.25) is 5.91 Å². The number of methoxy groups -OCH3 is 1. The van der Waals surface area contributed by atoms with Gasteiger partial charge in [0.1, 0.15) is 0 Å². The number of Topliss-reactive ketones (excluding diaryl/α,β-unsaturated/α-hetero) is 1. The summed E-state index contributed by atoms with van der Waals surface area (Å²) in [6.07, 6.45) is 2.33. The molecule has 0 spiro atoms. The molecule has 0 rings (SSSR count). The van der Waals surface area contributed by atoms with Crippen molar-refractivity contribution in [2.75, 3.05) is 18.1 Å². The first-order valence-electron chi connectivity index (χ1n) is 6.56. The van der Waals surface area contributed by atoms with Gasteiger partial charge in [-0.3, -0.25) is 14.4 Å². The Hall–Kier alpha value is -0.550. The smallest absolute Gasteiger partial charge is 0.306 e. The molecule has 0 aliphatic carbocycles. The number of nitrogens with zero attached hydrogens (tertiary/aromatic N) is 1. The lowest BCUT2D eigenvalue weighted by atomic mass is 10.1. The number of alkyl halides is 1. The Morgan fingerprint density at radius 2 is 2.05 bits per heavy atom. The predicted octanol–water partition coefficient (Wildman–Crippen LogP) is 1.12. The van der Waals surface area contributed by atoms with E-state index in [-0.39, 0.29) is 24.5 Å². The van der Waals surface area contributed by atoms with E-state index >= 15 is 0 Å². The SMILES string of the molecule is COC(=O)CCC(=O)NCCCCC(N)C(=O)CI=NS. The molecule has 7 nitrogen and oxygen atoms in total. The highest BCUT2D eigenvalue weighted by atomic mass is 127. The van der Waals surface area contributed by atoms with Gasteiger partial charge in [0.25, 0.3) is 0 Å². The Labute approximate surface area is 140 Å². The van der Waals surface area contributed by atoms with Crippen molar-refractivity contribution < 1.29 is 19.1 Å². The average Bonchev–Trinajstić information content (AvgIpc) is 2.49. The summed E-state index contributed by atoms with van der Waals surface area (Å²) in [7, 11) is 1.29. The van der Waals surface area contributed by atoms with E-state index in [4.69, 9.17) is 5.73 Å². The van der Waals surface area contributed by atoms with Crippen LogP contribution in [-0.4, -0.2) is 41.8 Å². The van der Waals surface area contributed by atoms with Crippen LogP contribution in [-0.2, 0) is 19.1 Å². The maximum atomic E-state index is 11.5. The number of rotatable bonds is 11. The minimum absolute atomic E-state index is 0.0303. The van der Waals surface area contributed by atoms with Gasteiger partial charge in [-0.25, -0.2) is 0 Å². The molecule has 0 heterocycles. The van der Waals surface area contributed by atoms with Crippen molar-refractivity contribution in [3.05, 3.63) is 0 Å². The van der Waals surface area contributed by atoms with Crippen LogP contribution in [0.25, 0.3) is 0 Å². The topological polar surface area (TPSA) is 111 Å². The number of nitrogens with two attached hydrogens (primary N) is 1. The number of esters is 1. The monoisotopic (exact) mass is 431 g/mol. The lowest BCUT2D eigenvalue weighted by molar-refractivity contribution is -0.142. The highest BCUT2D eigenvalue weighted by Gasteiger charge is 2.12. The maximum absolute atomic E-state index is 11.5. The number of thiol groups is 1. The zero-order chi connectivity index (χ0) is 16.1. The average molecular weight is 431 g/mol. The first-order valence-corrected chi connectivity index (χ1v) is 9.45. The second-order valence-electron chi connectivity index (χ2n) is 4.32. The molecule has 1 amide bonds. The molecule has 0 saturated carbocycles. The standard InChI is InChI=1S/C12H22IN3O4S/c1-20-12(19)6-5-11(18)15-7-3-2-4-9(14)10(17)8-13-16-21/h9,21H,2-8,14H2,1H3,(H,15,18). The Kier molecular flexibility index (Phi) is 12.8. The van der Waals surface area contributed by atoms with Crippen LogP contribution in [0.2, 0.25) is 0 Å². The molecule has 0 bridgehead atoms. The molecular weight excluding hydrogens is 409 g/mol. The van der Waals surface area contributed by atoms with Crippen molar-refractivity contribution in [3.63, 3.8) is 0 Å². The summed E-state index contributed by atoms with van der Waals surface area (Å²) in [4.78, 5) is 33.8. The van der Waals surface area contributed by atoms with E-state index in [1.54, 1.807) is 0 Å². The van der Waals surface area contributed by atoms with Crippen LogP contribution in [0, 0.1) is 0 Å². The van der Waals surface area contributed by atoms with E-state index < -0.39 is 33.0 Å². The number of hydrogen-bond acceptors (Lipinski definition) is 7. The Balaban J connectivity index is 3.60. The lowest BCUT2D eigenvalue weighted by Gasteiger charge is -2.09. The first-order chi connectivity index (χ1) is 10.0. The van der Waals surface area contributed by atoms with Gasteiger partial charge < -0.3 is 15.8 Å². The number of hydrogen-bond donors (Lipinski definition) is 3. The molecule has 21 heavy (non-hydrogen) atoms. The maximum Gasteiger partial charge on any atom is 0.306 e. The number of carbonyl (C=O) groups is 3. The summed E-state index contributed by atoms with van der Waals surface area (Å²) in [5.41, 5.74) is 5.76. The third kappa shape index (κ3) is 11.8. The van der Waals surface area contributed by atoms with Crippen molar-refractivity contribution in [2.45, 2.75) is 38.1 Å². The van der Waals surface area contributed by atoms with Crippen molar-refractivity contribution in [1.29, 1.82) is 0 Å². The molecule has 0 aliphatic heterocycles. The summed E-state index contributed by atoms with van der Waals surface area (Å²) in [6.45, 7) is 0.514. The summed E-state index contributed by atoms with van der Waals surface area (Å²) in [6, 6.07) is -0.449. The van der Waals surface area contributed by atoms with Crippen LogP contribution < -0.4 is 11.1 Å². The van der Waals surface area contributed by atoms with E-state index in [0.29, 0.717) is 17.4 Å². The van der Waals surface area contributed by atoms with Gasteiger partial charge in [0, 0.05) is 34.0 Å². The van der Waals surface area contributed by atoms with Gasteiger partial charge >= 0.3 is 5.97 Å². The van der Waals surface area contributed by atoms with Crippen molar-refractivity contribution in [2.24, 2.45) is 8.28 Å². The number of halogens is 1. The van der Waals surface area contributed by atoms with E-state index in [9.17, 15) is 14.4 Å². The molecule has 0 aliphatic rings. The van der Waals surface area contributed by atoms with Gasteiger partial charge in [-0.2, -0.15) is 2.55 Å². The van der Waals surface area contributed by atoms with Gasteiger partial charge in [0.05, 0.1) is 24.0 Å². The normalized spacial score (nSPS) is 12.5. The van der Waals surface area contributed by atoms with Crippen LogP contribution in [0.15, 0.2) is 2.55 Å². The van der Waals surface area contributed by atoms with E-state index in [2.05, 4.69) is 25.4 Å². The van der Waals surface area contributed by atoms with Gasteiger partial charge in [0.15, 0.2) is 5.78 Å². The molecule has 122 valence electrons. The number of unbranched alkanes of at least 4 members (excludes halogenated alkanes) is 1. The van der Waals surface area contributed by atoms with Crippen LogP contribution >= 0.6 is 33.8 Å². The Bertz CT molecular complexity index is 380. The molecule has 0 fully saturated rings. The predicted molar refractivity (Wildman–Crippen MR) is 91.4 cm³/mol. The lowest BCUT2D eigenvalue weighted by Crippen LogP contribution is -2.31. The van der Waals surface area contributed by atoms with Crippen molar-refractivity contribution >= 4 is 51.5 Å². The van der Waals surface area contributed by atoms with E-state index in [1.165, 1.54) is 7.11 Å². The highest BCUT2D eigenvalue weighted by molar-refractivity contribution is 14.2. The molecule has 0 aromatic rings. The zero-order valence-electron chi connectivity index (χ0n) is 12.0. The minimum atomic E-state index is -0.524. The zero-order valence-corrected chi connectivity index (χ0v) is 15.1. The van der Waals surface area contributed by atoms with Crippen LogP contribution in [0.1, 0.15) is 32.1 Å². The second-order valence-corrected chi connectivity index (χ2v) is 7.21. The van der Waals surface area contributed by atoms with Gasteiger partial charge in [-0.15, -0.1) is 0 Å². The largest absolute Gasteiger partial charge is 0.469 e. The fraction of sp³-hybridized carbons (Fsp3) is 0.750. The first kappa shape index (κ1) is 20.5. The van der Waals surface area contributed by atoms with Crippen molar-refractivity contribution in [3.8, 4) is 0 Å².